The fraction of sp³-hybridized carbons (Fsp3) is 0.400. The quantitative estimate of drug-likeness (QED) is 0.329. The molecule has 0 aliphatic heterocycles. The lowest BCUT2D eigenvalue weighted by Crippen LogP contribution is -2.29. The van der Waals surface area contributed by atoms with Crippen LogP contribution < -0.4 is 10.6 Å². The Labute approximate surface area is 210 Å². The van der Waals surface area contributed by atoms with E-state index in [9.17, 15) is 41.8 Å². The van der Waals surface area contributed by atoms with Crippen LogP contribution in [0.1, 0.15) is 29.0 Å². The maximum absolute atomic E-state index is 13.7. The average Bonchev–Trinajstić information content (AvgIpc) is 2.77. The summed E-state index contributed by atoms with van der Waals surface area (Å²) in [4.78, 5) is 7.05. The maximum Gasteiger partial charge on any atom is 0.418 e. The summed E-state index contributed by atoms with van der Waals surface area (Å²) >= 11 is 11.9. The van der Waals surface area contributed by atoms with Crippen LogP contribution in [0.25, 0.3) is 0 Å². The Bertz CT molecular complexity index is 1170. The average molecular weight is 557 g/mol. The molecule has 16 heteroatoms. The summed E-state index contributed by atoms with van der Waals surface area (Å²) in [5.74, 6) is -2.54. The lowest BCUT2D eigenvalue weighted by atomic mass is 9.91. The van der Waals surface area contributed by atoms with Gasteiger partial charge < -0.3 is 20.8 Å². The highest BCUT2D eigenvalue weighted by atomic mass is 35.5. The van der Waals surface area contributed by atoms with E-state index >= 15 is 0 Å². The van der Waals surface area contributed by atoms with Crippen molar-refractivity contribution in [2.24, 2.45) is 0 Å². The van der Waals surface area contributed by atoms with Gasteiger partial charge in [0.25, 0.3) is 0 Å². The first kappa shape index (κ1) is 29.2. The Hall–Kier alpha value is -3.04. The molecule has 2 heterocycles. The third-order valence-electron chi connectivity index (χ3n) is 4.68. The predicted molar refractivity (Wildman–Crippen MR) is 116 cm³/mol. The van der Waals surface area contributed by atoms with Gasteiger partial charge in [0, 0.05) is 31.0 Å². The minimum atomic E-state index is -5.02. The van der Waals surface area contributed by atoms with Crippen LogP contribution >= 0.6 is 23.2 Å². The van der Waals surface area contributed by atoms with Crippen molar-refractivity contribution in [2.45, 2.75) is 36.9 Å². The zero-order valence-electron chi connectivity index (χ0n) is 17.8. The number of halogens is 8. The van der Waals surface area contributed by atoms with E-state index in [1.165, 1.54) is 6.07 Å². The molecule has 0 aliphatic carbocycles. The highest BCUT2D eigenvalue weighted by Gasteiger charge is 2.40. The monoisotopic (exact) mass is 556 g/mol. The molecule has 0 aromatic carbocycles. The molecule has 0 radical (unpaired) electrons. The number of hydrogen-bond acceptors (Lipinski definition) is 8. The standard InChI is InChI=1S/C20H16Cl2F6N6O2/c21-13-3-9(19(23,24)25)5-31-17(13)34-8-14(36)11(4-30)15-12(20(26,27)28)7-33-18(16(15)22)32-6-10(35)1-2-29/h3,5,7,10-11,14,35-36H,1,6,8H2,(H,31,34)(H,32,33). The number of rotatable bonds is 9. The van der Waals surface area contributed by atoms with Crippen LogP contribution in [0.3, 0.4) is 0 Å². The zero-order valence-corrected chi connectivity index (χ0v) is 19.3. The Kier molecular flexibility index (Phi) is 9.57. The number of aromatic nitrogens is 2. The molecule has 0 aliphatic rings. The van der Waals surface area contributed by atoms with Crippen molar-refractivity contribution in [3.63, 3.8) is 0 Å². The summed E-state index contributed by atoms with van der Waals surface area (Å²) in [5.41, 5.74) is -3.38. The van der Waals surface area contributed by atoms with Gasteiger partial charge in [0.2, 0.25) is 0 Å². The van der Waals surface area contributed by atoms with Crippen LogP contribution in [0, 0.1) is 22.7 Å². The third kappa shape index (κ3) is 7.24. The smallest absolute Gasteiger partial charge is 0.390 e. The number of anilines is 2. The molecular weight excluding hydrogens is 541 g/mol. The first-order valence-electron chi connectivity index (χ1n) is 9.79. The van der Waals surface area contributed by atoms with E-state index in [1.807, 2.05) is 0 Å². The topological polar surface area (TPSA) is 138 Å². The van der Waals surface area contributed by atoms with Gasteiger partial charge in [0.15, 0.2) is 0 Å². The van der Waals surface area contributed by atoms with E-state index in [2.05, 4.69) is 20.6 Å². The fourth-order valence-electron chi connectivity index (χ4n) is 2.93. The Balaban J connectivity index is 2.35. The molecule has 0 saturated heterocycles. The maximum atomic E-state index is 13.7. The fourth-order valence-corrected chi connectivity index (χ4v) is 3.50. The molecule has 3 atom stereocenters. The summed E-state index contributed by atoms with van der Waals surface area (Å²) < 4.78 is 79.2. The summed E-state index contributed by atoms with van der Waals surface area (Å²) in [5, 5.41) is 42.0. The van der Waals surface area contributed by atoms with Crippen molar-refractivity contribution in [2.75, 3.05) is 23.7 Å². The second-order valence-electron chi connectivity index (χ2n) is 7.25. The highest BCUT2D eigenvalue weighted by Crippen LogP contribution is 2.42. The molecular formula is C20H16Cl2F6N6O2. The summed E-state index contributed by atoms with van der Waals surface area (Å²) in [7, 11) is 0. The van der Waals surface area contributed by atoms with Crippen LogP contribution in [-0.4, -0.2) is 45.5 Å². The number of hydrogen-bond donors (Lipinski definition) is 4. The second-order valence-corrected chi connectivity index (χ2v) is 8.04. The van der Waals surface area contributed by atoms with Crippen LogP contribution in [-0.2, 0) is 12.4 Å². The van der Waals surface area contributed by atoms with Crippen LogP contribution in [0.15, 0.2) is 18.5 Å². The number of aliphatic hydroxyl groups is 2. The van der Waals surface area contributed by atoms with E-state index < -0.39 is 63.8 Å². The van der Waals surface area contributed by atoms with E-state index in [0.717, 1.165) is 0 Å². The molecule has 36 heavy (non-hydrogen) atoms. The normalized spacial score (nSPS) is 14.3. The number of nitrogens with zero attached hydrogens (tertiary/aromatic N) is 4. The molecule has 2 aromatic heterocycles. The van der Waals surface area contributed by atoms with E-state index in [0.29, 0.717) is 18.5 Å². The third-order valence-corrected chi connectivity index (χ3v) is 5.35. The molecule has 2 aromatic rings. The number of nitrogens with one attached hydrogen (secondary N) is 2. The van der Waals surface area contributed by atoms with Crippen molar-refractivity contribution < 1.29 is 36.6 Å². The van der Waals surface area contributed by atoms with Gasteiger partial charge in [-0.05, 0) is 6.07 Å². The van der Waals surface area contributed by atoms with E-state index in [4.69, 9.17) is 28.5 Å². The largest absolute Gasteiger partial charge is 0.418 e. The summed E-state index contributed by atoms with van der Waals surface area (Å²) in [6, 6.07) is 3.80. The zero-order chi connectivity index (χ0) is 27.3. The molecule has 0 amide bonds. The minimum absolute atomic E-state index is 0.288. The van der Waals surface area contributed by atoms with Crippen molar-refractivity contribution in [3.8, 4) is 12.1 Å². The van der Waals surface area contributed by atoms with Gasteiger partial charge in [0.05, 0.1) is 51.9 Å². The first-order valence-corrected chi connectivity index (χ1v) is 10.5. The molecule has 4 N–H and O–H groups in total. The first-order chi connectivity index (χ1) is 16.7. The lowest BCUT2D eigenvalue weighted by Gasteiger charge is -2.24. The molecule has 194 valence electrons. The van der Waals surface area contributed by atoms with Gasteiger partial charge >= 0.3 is 12.4 Å². The molecule has 0 spiro atoms. The van der Waals surface area contributed by atoms with Gasteiger partial charge in [-0.2, -0.15) is 36.9 Å². The number of nitriles is 2. The van der Waals surface area contributed by atoms with Crippen LogP contribution in [0.4, 0.5) is 38.0 Å². The second kappa shape index (κ2) is 11.8. The van der Waals surface area contributed by atoms with Crippen molar-refractivity contribution >= 4 is 34.8 Å². The molecule has 0 bridgehead atoms. The molecule has 8 nitrogen and oxygen atoms in total. The highest BCUT2D eigenvalue weighted by molar-refractivity contribution is 6.34. The predicted octanol–water partition coefficient (Wildman–Crippen LogP) is 4.59. The minimum Gasteiger partial charge on any atom is -0.390 e. The number of pyridine rings is 2. The van der Waals surface area contributed by atoms with Gasteiger partial charge in [-0.25, -0.2) is 9.97 Å². The number of aliphatic hydroxyl groups excluding tert-OH is 2. The van der Waals surface area contributed by atoms with Crippen molar-refractivity contribution in [1.29, 1.82) is 10.5 Å². The van der Waals surface area contributed by atoms with Crippen LogP contribution in [0.5, 0.6) is 0 Å². The van der Waals surface area contributed by atoms with Crippen molar-refractivity contribution in [3.05, 3.63) is 45.2 Å². The van der Waals surface area contributed by atoms with Gasteiger partial charge in [-0.15, -0.1) is 0 Å². The molecule has 2 rings (SSSR count). The molecule has 0 fully saturated rings. The lowest BCUT2D eigenvalue weighted by molar-refractivity contribution is -0.139. The Morgan fingerprint density at radius 3 is 2.08 bits per heavy atom. The summed E-state index contributed by atoms with van der Waals surface area (Å²) in [6.45, 7) is -0.944. The van der Waals surface area contributed by atoms with Gasteiger partial charge in [-0.1, -0.05) is 23.2 Å². The Morgan fingerprint density at radius 1 is 0.944 bits per heavy atom. The SMILES string of the molecule is N#CCC(O)CNc1ncc(C(F)(F)F)c(C(C#N)C(O)CNc2ncc(C(F)(F)F)cc2Cl)c1Cl. The van der Waals surface area contributed by atoms with Crippen molar-refractivity contribution in [1.82, 2.24) is 9.97 Å². The van der Waals surface area contributed by atoms with E-state index in [-0.39, 0.29) is 24.6 Å². The Morgan fingerprint density at radius 2 is 1.56 bits per heavy atom. The molecule has 3 unspecified atom stereocenters. The van der Waals surface area contributed by atoms with Gasteiger partial charge in [-0.3, -0.25) is 0 Å². The number of alkyl halides is 6. The van der Waals surface area contributed by atoms with Crippen LogP contribution in [0.2, 0.25) is 10.0 Å². The van der Waals surface area contributed by atoms with E-state index in [1.54, 1.807) is 6.07 Å². The molecule has 0 saturated carbocycles. The summed E-state index contributed by atoms with van der Waals surface area (Å²) in [6.07, 6.45) is -12.2. The van der Waals surface area contributed by atoms with Gasteiger partial charge in [0.1, 0.15) is 17.6 Å².